The zero-order valence-electron chi connectivity index (χ0n) is 3.96. The second kappa shape index (κ2) is 2.41. The Hall–Kier alpha value is 0.0901. The van der Waals surface area contributed by atoms with Gasteiger partial charge < -0.3 is 0 Å². The summed E-state index contributed by atoms with van der Waals surface area (Å²) < 4.78 is 1.45. The molecule has 2 radical (unpaired) electrons. The predicted molar refractivity (Wildman–Crippen MR) is 31.8 cm³/mol. The molecule has 0 aromatic heterocycles. The first kappa shape index (κ1) is 5.23. The first-order valence-corrected chi connectivity index (χ1v) is 3.85. The van der Waals surface area contributed by atoms with Gasteiger partial charge >= 0.3 is 58.0 Å². The van der Waals surface area contributed by atoms with Crippen LogP contribution in [0, 0.1) is 0 Å². The van der Waals surface area contributed by atoms with E-state index in [9.17, 15) is 0 Å². The molecule has 0 heterocycles. The minimum atomic E-state index is 1.23. The van der Waals surface area contributed by atoms with Crippen LogP contribution in [0.4, 0.5) is 0 Å². The molecular formula is C6H5In. The van der Waals surface area contributed by atoms with Gasteiger partial charge in [-0.2, -0.15) is 0 Å². The van der Waals surface area contributed by atoms with Gasteiger partial charge in [-0.25, -0.2) is 0 Å². The van der Waals surface area contributed by atoms with E-state index in [1.807, 2.05) is 6.07 Å². The second-order valence-electron chi connectivity index (χ2n) is 1.41. The zero-order chi connectivity index (χ0) is 5.11. The van der Waals surface area contributed by atoms with E-state index in [1.165, 1.54) is 27.7 Å². The molecule has 0 nitrogen and oxygen atoms in total. The quantitative estimate of drug-likeness (QED) is 0.560. The van der Waals surface area contributed by atoms with Crippen molar-refractivity contribution in [3.05, 3.63) is 30.3 Å². The molecule has 0 N–H and O–H groups in total. The van der Waals surface area contributed by atoms with Gasteiger partial charge in [-0.15, -0.1) is 0 Å². The van der Waals surface area contributed by atoms with Crippen LogP contribution in [0.3, 0.4) is 0 Å². The maximum atomic E-state index is 2.14. The Morgan fingerprint density at radius 2 is 1.57 bits per heavy atom. The van der Waals surface area contributed by atoms with Crippen LogP contribution < -0.4 is 3.32 Å². The van der Waals surface area contributed by atoms with Crippen molar-refractivity contribution in [2.75, 3.05) is 0 Å². The topological polar surface area (TPSA) is 0 Å². The molecule has 0 bridgehead atoms. The van der Waals surface area contributed by atoms with Gasteiger partial charge in [0.1, 0.15) is 0 Å². The van der Waals surface area contributed by atoms with Crippen LogP contribution in [-0.4, -0.2) is 24.4 Å². The third-order valence-corrected chi connectivity index (χ3v) is 1.90. The van der Waals surface area contributed by atoms with Crippen molar-refractivity contribution in [1.82, 2.24) is 0 Å². The average Bonchev–Trinajstić information content (AvgIpc) is 1.69. The van der Waals surface area contributed by atoms with E-state index in [0.29, 0.717) is 0 Å². The molecule has 0 atom stereocenters. The monoisotopic (exact) mass is 192 g/mol. The number of rotatable bonds is 0. The molecule has 1 aromatic carbocycles. The van der Waals surface area contributed by atoms with Gasteiger partial charge in [0.15, 0.2) is 0 Å². The maximum absolute atomic E-state index is 2.14. The van der Waals surface area contributed by atoms with E-state index in [2.05, 4.69) is 24.3 Å². The average molecular weight is 192 g/mol. The van der Waals surface area contributed by atoms with Crippen LogP contribution in [0.2, 0.25) is 0 Å². The van der Waals surface area contributed by atoms with E-state index >= 15 is 0 Å². The van der Waals surface area contributed by atoms with E-state index < -0.39 is 0 Å². The van der Waals surface area contributed by atoms with Crippen LogP contribution in [0.1, 0.15) is 0 Å². The van der Waals surface area contributed by atoms with Crippen molar-refractivity contribution in [2.24, 2.45) is 0 Å². The minimum absolute atomic E-state index is 1.23. The number of hydrogen-bond acceptors (Lipinski definition) is 0. The Balaban J connectivity index is 3.02. The van der Waals surface area contributed by atoms with Crippen LogP contribution in [-0.2, 0) is 0 Å². The van der Waals surface area contributed by atoms with E-state index in [4.69, 9.17) is 0 Å². The summed E-state index contributed by atoms with van der Waals surface area (Å²) in [5, 5.41) is 0. The molecule has 0 fully saturated rings. The van der Waals surface area contributed by atoms with Gasteiger partial charge in [0.05, 0.1) is 0 Å². The standard InChI is InChI=1S/C6H5.In/c1-2-4-6-5-3-1;/h1-5H;. The van der Waals surface area contributed by atoms with Crippen molar-refractivity contribution < 1.29 is 0 Å². The third-order valence-electron chi connectivity index (χ3n) is 0.800. The molecule has 0 aliphatic carbocycles. The first-order chi connectivity index (χ1) is 3.39. The van der Waals surface area contributed by atoms with Gasteiger partial charge in [0, 0.05) is 0 Å². The molecule has 7 heavy (non-hydrogen) atoms. The molecule has 0 amide bonds. The summed E-state index contributed by atoms with van der Waals surface area (Å²) in [5.41, 5.74) is 0. The van der Waals surface area contributed by atoms with Crippen molar-refractivity contribution in [2.45, 2.75) is 0 Å². The van der Waals surface area contributed by atoms with Gasteiger partial charge in [-0.3, -0.25) is 0 Å². The van der Waals surface area contributed by atoms with Gasteiger partial charge in [0.25, 0.3) is 0 Å². The molecule has 1 heteroatoms. The summed E-state index contributed by atoms with van der Waals surface area (Å²) in [6.07, 6.45) is 0. The Morgan fingerprint density at radius 1 is 1.00 bits per heavy atom. The van der Waals surface area contributed by atoms with Gasteiger partial charge in [-0.05, 0) is 0 Å². The molecule has 0 aliphatic heterocycles. The Labute approximate surface area is 58.1 Å². The normalized spacial score (nSPS) is 8.57. The van der Waals surface area contributed by atoms with Crippen molar-refractivity contribution in [1.29, 1.82) is 0 Å². The van der Waals surface area contributed by atoms with Crippen molar-refractivity contribution >= 4 is 27.7 Å². The summed E-state index contributed by atoms with van der Waals surface area (Å²) >= 11 is 1.23. The first-order valence-electron chi connectivity index (χ1n) is 2.20. The van der Waals surface area contributed by atoms with Crippen molar-refractivity contribution in [3.63, 3.8) is 0 Å². The summed E-state index contributed by atoms with van der Waals surface area (Å²) in [6, 6.07) is 10.5. The molecule has 0 aliphatic rings. The fourth-order valence-corrected chi connectivity index (χ4v) is 1.09. The SMILES string of the molecule is [In][c]1ccccc1. The molecule has 1 aromatic rings. The Bertz CT molecular complexity index is 134. The molecule has 32 valence electrons. The Morgan fingerprint density at radius 3 is 1.86 bits per heavy atom. The summed E-state index contributed by atoms with van der Waals surface area (Å²) in [5.74, 6) is 0. The Kier molecular flexibility index (Phi) is 1.80. The third kappa shape index (κ3) is 1.56. The molecular weight excluding hydrogens is 187 g/mol. The van der Waals surface area contributed by atoms with Crippen LogP contribution in [0.25, 0.3) is 0 Å². The number of benzene rings is 1. The molecule has 0 saturated carbocycles. The molecule has 0 unspecified atom stereocenters. The van der Waals surface area contributed by atoms with Crippen LogP contribution >= 0.6 is 0 Å². The number of hydrogen-bond donors (Lipinski definition) is 0. The van der Waals surface area contributed by atoms with Crippen molar-refractivity contribution in [3.8, 4) is 0 Å². The van der Waals surface area contributed by atoms with Gasteiger partial charge in [0.2, 0.25) is 0 Å². The molecule has 1 rings (SSSR count). The van der Waals surface area contributed by atoms with Crippen LogP contribution in [0.5, 0.6) is 0 Å². The van der Waals surface area contributed by atoms with E-state index in [-0.39, 0.29) is 0 Å². The molecule has 0 spiro atoms. The second-order valence-corrected chi connectivity index (χ2v) is 3.31. The summed E-state index contributed by atoms with van der Waals surface area (Å²) in [6.45, 7) is 0. The fourth-order valence-electron chi connectivity index (χ4n) is 0.453. The van der Waals surface area contributed by atoms with E-state index in [1.54, 1.807) is 0 Å². The summed E-state index contributed by atoms with van der Waals surface area (Å²) in [4.78, 5) is 0. The van der Waals surface area contributed by atoms with Crippen LogP contribution in [0.15, 0.2) is 30.3 Å². The fraction of sp³-hybridized carbons (Fsp3) is 0. The zero-order valence-corrected chi connectivity index (χ0v) is 7.26. The van der Waals surface area contributed by atoms with E-state index in [0.717, 1.165) is 0 Å². The van der Waals surface area contributed by atoms with Gasteiger partial charge in [-0.1, -0.05) is 0 Å². The molecule has 0 saturated heterocycles. The summed E-state index contributed by atoms with van der Waals surface area (Å²) in [7, 11) is 0. The predicted octanol–water partition coefficient (Wildman–Crippen LogP) is 0.480.